The summed E-state index contributed by atoms with van der Waals surface area (Å²) >= 11 is 6.03. The number of hydrogen-bond acceptors (Lipinski definition) is 8. The molecule has 1 aromatic heterocycles. The molecule has 0 saturated carbocycles. The zero-order valence-corrected chi connectivity index (χ0v) is 27.4. The molecule has 3 rings (SSSR count). The van der Waals surface area contributed by atoms with Crippen LogP contribution < -0.4 is 10.6 Å². The molecule has 1 atom stereocenters. The maximum atomic E-state index is 13.9. The van der Waals surface area contributed by atoms with Crippen molar-refractivity contribution in [3.05, 3.63) is 70.9 Å². The number of carbonyl (C=O) groups is 2. The van der Waals surface area contributed by atoms with Crippen LogP contribution >= 0.6 is 19.4 Å². The minimum absolute atomic E-state index is 0.0551. The lowest BCUT2D eigenvalue weighted by molar-refractivity contribution is 0.0562. The van der Waals surface area contributed by atoms with E-state index in [-0.39, 0.29) is 50.2 Å². The van der Waals surface area contributed by atoms with Crippen molar-refractivity contribution in [3.8, 4) is 0 Å². The summed E-state index contributed by atoms with van der Waals surface area (Å²) in [6.07, 6.45) is 0.855. The van der Waals surface area contributed by atoms with E-state index in [1.54, 1.807) is 26.0 Å². The lowest BCUT2D eigenvalue weighted by atomic mass is 9.86. The lowest BCUT2D eigenvalue weighted by Gasteiger charge is -2.35. The van der Waals surface area contributed by atoms with Gasteiger partial charge in [0.2, 0.25) is 0 Å². The molecule has 0 radical (unpaired) electrons. The normalized spacial score (nSPS) is 12.5. The van der Waals surface area contributed by atoms with Crippen LogP contribution in [0.1, 0.15) is 39.7 Å². The minimum Gasteiger partial charge on any atom is -0.447 e. The average molecular weight is 671 g/mol. The third kappa shape index (κ3) is 10.9. The number of carbonyl (C=O) groups excluding carboxylic acids is 2. The summed E-state index contributed by atoms with van der Waals surface area (Å²) in [6, 6.07) is 8.71. The number of amides is 3. The zero-order chi connectivity index (χ0) is 33.2. The Morgan fingerprint density at radius 3 is 2.47 bits per heavy atom. The van der Waals surface area contributed by atoms with Gasteiger partial charge in [-0.25, -0.2) is 27.9 Å². The number of nitrogens with one attached hydrogen (secondary N) is 2. The molecular formula is C30H38ClF2N4O7P. The molecule has 0 unspecified atom stereocenters. The van der Waals surface area contributed by atoms with Crippen molar-refractivity contribution in [2.24, 2.45) is 5.41 Å². The van der Waals surface area contributed by atoms with Crippen LogP contribution in [0, 0.1) is 17.0 Å². The summed E-state index contributed by atoms with van der Waals surface area (Å²) < 4.78 is 61.9. The Morgan fingerprint density at radius 1 is 1.07 bits per heavy atom. The van der Waals surface area contributed by atoms with Gasteiger partial charge in [-0.1, -0.05) is 37.6 Å². The van der Waals surface area contributed by atoms with Crippen LogP contribution in [0.4, 0.5) is 24.2 Å². The molecule has 0 bridgehead atoms. The first-order valence-corrected chi connectivity index (χ1v) is 16.1. The van der Waals surface area contributed by atoms with Crippen molar-refractivity contribution in [1.29, 1.82) is 0 Å². The summed E-state index contributed by atoms with van der Waals surface area (Å²) in [7, 11) is -2.30. The number of halogens is 3. The van der Waals surface area contributed by atoms with Gasteiger partial charge >= 0.3 is 19.9 Å². The quantitative estimate of drug-likeness (QED) is 0.159. The van der Waals surface area contributed by atoms with Crippen LogP contribution in [-0.4, -0.2) is 61.5 Å². The molecule has 1 heterocycles. The zero-order valence-electron chi connectivity index (χ0n) is 25.8. The van der Waals surface area contributed by atoms with Crippen LogP contribution in [0.2, 0.25) is 5.02 Å². The first-order valence-electron chi connectivity index (χ1n) is 14.2. The molecule has 0 aliphatic carbocycles. The van der Waals surface area contributed by atoms with E-state index >= 15 is 0 Å². The van der Waals surface area contributed by atoms with Gasteiger partial charge in [-0.2, -0.15) is 0 Å². The molecule has 0 spiro atoms. The van der Waals surface area contributed by atoms with Crippen LogP contribution in [0.5, 0.6) is 0 Å². The number of anilines is 1. The second kappa shape index (κ2) is 16.3. The molecule has 2 aromatic carbocycles. The Morgan fingerprint density at radius 2 is 1.78 bits per heavy atom. The highest BCUT2D eigenvalue weighted by molar-refractivity contribution is 7.48. The van der Waals surface area contributed by atoms with E-state index in [4.69, 9.17) is 29.9 Å². The predicted octanol–water partition coefficient (Wildman–Crippen LogP) is 7.54. The van der Waals surface area contributed by atoms with Gasteiger partial charge in [-0.3, -0.25) is 18.9 Å². The Kier molecular flexibility index (Phi) is 13.1. The standard InChI is InChI=1S/C30H38ClF2N4O7P/c1-6-42-45(40,43-7-2)44-19-30(3,4)15-24(37(5)28(38)35-17-21-9-8-10-25(33)27(21)31)18-41-29(39)36-26-14-22-13-23(32)12-11-20(22)16-34-26/h8-14,16,24H,6-7,15,17-19H2,1-5H3,(H,35,38)(H,34,36,39)/t24-/m1/s1. The van der Waals surface area contributed by atoms with Gasteiger partial charge in [-0.05, 0) is 67.0 Å². The van der Waals surface area contributed by atoms with Crippen molar-refractivity contribution in [2.45, 2.75) is 46.7 Å². The van der Waals surface area contributed by atoms with E-state index < -0.39 is 43.0 Å². The number of aromatic nitrogens is 1. The van der Waals surface area contributed by atoms with Gasteiger partial charge in [0.25, 0.3) is 0 Å². The SMILES string of the molecule is CCOP(=O)(OCC)OCC(C)(C)C[C@H](COC(=O)Nc1cc2cc(F)ccc2cn1)N(C)C(=O)NCc1cccc(F)c1Cl. The van der Waals surface area contributed by atoms with E-state index in [0.717, 1.165) is 0 Å². The number of fused-ring (bicyclic) bond motifs is 1. The molecule has 3 aromatic rings. The molecule has 0 saturated heterocycles. The summed E-state index contributed by atoms with van der Waals surface area (Å²) in [4.78, 5) is 31.4. The summed E-state index contributed by atoms with van der Waals surface area (Å²) in [6.45, 7) is 6.81. The second-order valence-corrected chi connectivity index (χ2v) is 12.9. The van der Waals surface area contributed by atoms with E-state index in [9.17, 15) is 22.9 Å². The first kappa shape index (κ1) is 36.1. The lowest BCUT2D eigenvalue weighted by Crippen LogP contribution is -2.48. The predicted molar refractivity (Wildman–Crippen MR) is 167 cm³/mol. The molecule has 2 N–H and O–H groups in total. The highest BCUT2D eigenvalue weighted by atomic mass is 35.5. The van der Waals surface area contributed by atoms with Crippen LogP contribution in [-0.2, 0) is 29.4 Å². The number of urea groups is 1. The number of pyridine rings is 1. The van der Waals surface area contributed by atoms with E-state index in [2.05, 4.69) is 15.6 Å². The topological polar surface area (TPSA) is 128 Å². The van der Waals surface area contributed by atoms with Crippen molar-refractivity contribution in [1.82, 2.24) is 15.2 Å². The number of hydrogen-bond donors (Lipinski definition) is 2. The van der Waals surface area contributed by atoms with Gasteiger partial charge < -0.3 is 15.0 Å². The van der Waals surface area contributed by atoms with Gasteiger partial charge in [-0.15, -0.1) is 0 Å². The Hall–Kier alpha value is -3.35. The highest BCUT2D eigenvalue weighted by Gasteiger charge is 2.34. The largest absolute Gasteiger partial charge is 0.474 e. The van der Waals surface area contributed by atoms with Crippen molar-refractivity contribution in [2.75, 3.05) is 38.8 Å². The van der Waals surface area contributed by atoms with E-state index in [1.807, 2.05) is 13.8 Å². The fourth-order valence-electron chi connectivity index (χ4n) is 4.33. The van der Waals surface area contributed by atoms with E-state index in [0.29, 0.717) is 16.3 Å². The first-order chi connectivity index (χ1) is 21.3. The molecule has 11 nitrogen and oxygen atoms in total. The minimum atomic E-state index is -3.81. The maximum Gasteiger partial charge on any atom is 0.474 e. The third-order valence-electron chi connectivity index (χ3n) is 6.63. The molecular weight excluding hydrogens is 633 g/mol. The summed E-state index contributed by atoms with van der Waals surface area (Å²) in [5.41, 5.74) is -0.344. The number of likely N-dealkylation sites (N-methyl/N-ethyl adjacent to an activating group) is 1. The Balaban J connectivity index is 1.72. The van der Waals surface area contributed by atoms with E-state index in [1.165, 1.54) is 48.5 Å². The monoisotopic (exact) mass is 670 g/mol. The summed E-state index contributed by atoms with van der Waals surface area (Å²) in [5, 5.41) is 6.32. The molecule has 246 valence electrons. The molecule has 15 heteroatoms. The smallest absolute Gasteiger partial charge is 0.447 e. The second-order valence-electron chi connectivity index (χ2n) is 10.8. The van der Waals surface area contributed by atoms with Gasteiger partial charge in [0.15, 0.2) is 0 Å². The fraction of sp³-hybridized carbons (Fsp3) is 0.433. The highest BCUT2D eigenvalue weighted by Crippen LogP contribution is 2.50. The Labute approximate surface area is 266 Å². The van der Waals surface area contributed by atoms with Gasteiger partial charge in [0, 0.05) is 25.2 Å². The maximum absolute atomic E-state index is 13.9. The molecule has 0 fully saturated rings. The van der Waals surface area contributed by atoms with Gasteiger partial charge in [0.05, 0.1) is 30.9 Å². The Bertz CT molecular complexity index is 1520. The van der Waals surface area contributed by atoms with Crippen LogP contribution in [0.15, 0.2) is 48.7 Å². The number of nitrogens with zero attached hydrogens (tertiary/aromatic N) is 2. The molecule has 0 aliphatic rings. The average Bonchev–Trinajstić information content (AvgIpc) is 2.98. The number of phosphoric ester groups is 1. The number of rotatable bonds is 15. The number of phosphoric acid groups is 1. The number of benzene rings is 2. The van der Waals surface area contributed by atoms with Crippen LogP contribution in [0.25, 0.3) is 10.8 Å². The van der Waals surface area contributed by atoms with Crippen molar-refractivity contribution in [3.63, 3.8) is 0 Å². The van der Waals surface area contributed by atoms with Gasteiger partial charge in [0.1, 0.15) is 24.1 Å². The third-order valence-corrected chi connectivity index (χ3v) is 8.64. The fourth-order valence-corrected chi connectivity index (χ4v) is 5.88. The van der Waals surface area contributed by atoms with Crippen molar-refractivity contribution < 1.29 is 41.2 Å². The molecule has 0 aliphatic heterocycles. The van der Waals surface area contributed by atoms with Crippen LogP contribution in [0.3, 0.4) is 0 Å². The van der Waals surface area contributed by atoms with Crippen molar-refractivity contribution >= 4 is 48.1 Å². The summed E-state index contributed by atoms with van der Waals surface area (Å²) in [5.74, 6) is -0.904. The molecule has 3 amide bonds. The molecule has 45 heavy (non-hydrogen) atoms. The number of ether oxygens (including phenoxy) is 1.